The van der Waals surface area contributed by atoms with Crippen molar-refractivity contribution in [3.05, 3.63) is 29.3 Å². The Bertz CT molecular complexity index is 477. The highest BCUT2D eigenvalue weighted by Crippen LogP contribution is 2.20. The summed E-state index contributed by atoms with van der Waals surface area (Å²) in [6.45, 7) is 2.88. The third kappa shape index (κ3) is 5.36. The normalized spacial score (nSPS) is 16.8. The fraction of sp³-hybridized carbons (Fsp3) is 0.533. The van der Waals surface area contributed by atoms with E-state index < -0.39 is 6.09 Å². The van der Waals surface area contributed by atoms with Crippen molar-refractivity contribution in [1.82, 2.24) is 10.2 Å². The van der Waals surface area contributed by atoms with Gasteiger partial charge in [-0.1, -0.05) is 11.6 Å². The lowest BCUT2D eigenvalue weighted by atomic mass is 10.1. The van der Waals surface area contributed by atoms with Crippen LogP contribution in [0.25, 0.3) is 0 Å². The van der Waals surface area contributed by atoms with Gasteiger partial charge in [0.15, 0.2) is 0 Å². The Morgan fingerprint density at radius 1 is 1.45 bits per heavy atom. The van der Waals surface area contributed by atoms with Crippen molar-refractivity contribution in [2.75, 3.05) is 33.4 Å². The second-order valence-corrected chi connectivity index (χ2v) is 5.78. The molecule has 1 aromatic carbocycles. The number of ether oxygens (including phenoxy) is 2. The molecule has 22 heavy (non-hydrogen) atoms. The van der Waals surface area contributed by atoms with Crippen LogP contribution in [0.4, 0.5) is 4.79 Å². The van der Waals surface area contributed by atoms with Crippen LogP contribution >= 0.6 is 11.6 Å². The van der Waals surface area contributed by atoms with Crippen LogP contribution in [0, 0.1) is 0 Å². The molecule has 0 spiro atoms. The molecule has 2 rings (SSSR count). The molecule has 1 atom stereocenters. The Morgan fingerprint density at radius 3 is 2.73 bits per heavy atom. The van der Waals surface area contributed by atoms with E-state index in [9.17, 15) is 4.79 Å². The van der Waals surface area contributed by atoms with Crippen LogP contribution in [0.3, 0.4) is 0 Å². The zero-order chi connectivity index (χ0) is 15.9. The monoisotopic (exact) mass is 328 g/mol. The first-order valence-electron chi connectivity index (χ1n) is 7.20. The lowest BCUT2D eigenvalue weighted by molar-refractivity contribution is 0.0159. The average Bonchev–Trinajstić information content (AvgIpc) is 2.42. The molecule has 0 unspecified atom stereocenters. The summed E-state index contributed by atoms with van der Waals surface area (Å²) in [4.78, 5) is 12.9. The van der Waals surface area contributed by atoms with Crippen LogP contribution in [0.5, 0.6) is 5.75 Å². The van der Waals surface area contributed by atoms with E-state index in [-0.39, 0.29) is 12.1 Å². The van der Waals surface area contributed by atoms with Crippen molar-refractivity contribution >= 4 is 17.7 Å². The van der Waals surface area contributed by atoms with Crippen molar-refractivity contribution in [1.29, 1.82) is 0 Å². The molecule has 1 fully saturated rings. The van der Waals surface area contributed by atoms with E-state index in [1.807, 2.05) is 12.1 Å². The van der Waals surface area contributed by atoms with Gasteiger partial charge < -0.3 is 19.9 Å². The topological polar surface area (TPSA) is 71.0 Å². The summed E-state index contributed by atoms with van der Waals surface area (Å²) < 4.78 is 10.8. The zero-order valence-corrected chi connectivity index (χ0v) is 13.3. The van der Waals surface area contributed by atoms with Crippen LogP contribution < -0.4 is 10.1 Å². The molecule has 0 radical (unpaired) electrons. The Morgan fingerprint density at radius 2 is 2.14 bits per heavy atom. The lowest BCUT2D eigenvalue weighted by Gasteiger charge is -2.39. The van der Waals surface area contributed by atoms with E-state index in [0.29, 0.717) is 18.1 Å². The van der Waals surface area contributed by atoms with Crippen LogP contribution in [-0.4, -0.2) is 61.6 Å². The number of benzene rings is 1. The van der Waals surface area contributed by atoms with Crippen LogP contribution in [0.2, 0.25) is 5.02 Å². The number of likely N-dealkylation sites (tertiary alicyclic amines) is 1. The summed E-state index contributed by atoms with van der Waals surface area (Å²) in [6.07, 6.45) is -0.127. The summed E-state index contributed by atoms with van der Waals surface area (Å²) in [6, 6.07) is 7.14. The average molecular weight is 329 g/mol. The maximum Gasteiger partial charge on any atom is 0.404 e. The van der Waals surface area contributed by atoms with Crippen LogP contribution in [0.15, 0.2) is 24.3 Å². The summed E-state index contributed by atoms with van der Waals surface area (Å²) in [5.41, 5.74) is 0. The second kappa shape index (κ2) is 8.22. The van der Waals surface area contributed by atoms with Gasteiger partial charge >= 0.3 is 6.09 Å². The maximum absolute atomic E-state index is 10.7. The fourth-order valence-corrected chi connectivity index (χ4v) is 2.52. The molecule has 2 N–H and O–H groups in total. The van der Waals surface area contributed by atoms with Crippen molar-refractivity contribution in [2.24, 2.45) is 0 Å². The molecule has 1 heterocycles. The number of nitrogens with zero attached hydrogens (tertiary/aromatic N) is 1. The van der Waals surface area contributed by atoms with E-state index in [1.54, 1.807) is 19.2 Å². The van der Waals surface area contributed by atoms with Crippen LogP contribution in [-0.2, 0) is 4.74 Å². The molecule has 0 bridgehead atoms. The number of hydrogen-bond acceptors (Lipinski definition) is 4. The van der Waals surface area contributed by atoms with E-state index in [0.717, 1.165) is 25.4 Å². The van der Waals surface area contributed by atoms with Gasteiger partial charge in [0.1, 0.15) is 11.9 Å². The molecule has 7 heteroatoms. The van der Waals surface area contributed by atoms with Gasteiger partial charge in [-0.05, 0) is 30.7 Å². The fourth-order valence-electron chi connectivity index (χ4n) is 2.40. The molecule has 1 aliphatic heterocycles. The number of carbonyl (C=O) groups is 1. The number of methoxy groups -OCH3 is 1. The number of nitrogens with one attached hydrogen (secondary N) is 1. The van der Waals surface area contributed by atoms with E-state index in [1.165, 1.54) is 0 Å². The lowest BCUT2D eigenvalue weighted by Crippen LogP contribution is -2.54. The van der Waals surface area contributed by atoms with Crippen molar-refractivity contribution in [3.8, 4) is 5.75 Å². The first kappa shape index (κ1) is 16.9. The third-order valence-corrected chi connectivity index (χ3v) is 3.78. The maximum atomic E-state index is 10.7. The molecular weight excluding hydrogens is 308 g/mol. The first-order chi connectivity index (χ1) is 10.6. The SMILES string of the molecule is COC[C@H](CCN1CC(Oc2ccc(Cl)cc2)C1)NC(=O)O. The highest BCUT2D eigenvalue weighted by Gasteiger charge is 2.28. The molecule has 0 saturated carbocycles. The van der Waals surface area contributed by atoms with Crippen molar-refractivity contribution in [3.63, 3.8) is 0 Å². The highest BCUT2D eigenvalue weighted by molar-refractivity contribution is 6.30. The number of halogens is 1. The Balaban J connectivity index is 1.66. The molecule has 0 aliphatic carbocycles. The van der Waals surface area contributed by atoms with E-state index in [4.69, 9.17) is 26.2 Å². The van der Waals surface area contributed by atoms with Gasteiger partial charge in [-0.15, -0.1) is 0 Å². The molecular formula is C15H21ClN2O4. The largest absolute Gasteiger partial charge is 0.488 e. The Hall–Kier alpha value is -1.50. The number of hydrogen-bond donors (Lipinski definition) is 2. The van der Waals surface area contributed by atoms with Gasteiger partial charge in [-0.25, -0.2) is 4.79 Å². The second-order valence-electron chi connectivity index (χ2n) is 5.34. The zero-order valence-electron chi connectivity index (χ0n) is 12.5. The van der Waals surface area contributed by atoms with Gasteiger partial charge in [0.2, 0.25) is 0 Å². The van der Waals surface area contributed by atoms with Gasteiger partial charge in [-0.2, -0.15) is 0 Å². The molecule has 1 saturated heterocycles. The molecule has 0 aromatic heterocycles. The molecule has 6 nitrogen and oxygen atoms in total. The van der Waals surface area contributed by atoms with Crippen molar-refractivity contribution in [2.45, 2.75) is 18.6 Å². The summed E-state index contributed by atoms with van der Waals surface area (Å²) >= 11 is 5.83. The Labute approximate surface area is 135 Å². The number of amides is 1. The predicted octanol–water partition coefficient (Wildman–Crippen LogP) is 2.08. The van der Waals surface area contributed by atoms with Gasteiger partial charge in [0, 0.05) is 31.8 Å². The quantitative estimate of drug-likeness (QED) is 0.764. The Kier molecular flexibility index (Phi) is 6.30. The number of rotatable bonds is 8. The smallest absolute Gasteiger partial charge is 0.404 e. The summed E-state index contributed by atoms with van der Waals surface area (Å²) in [5, 5.41) is 11.9. The van der Waals surface area contributed by atoms with Gasteiger partial charge in [-0.3, -0.25) is 4.90 Å². The molecule has 122 valence electrons. The van der Waals surface area contributed by atoms with E-state index >= 15 is 0 Å². The summed E-state index contributed by atoms with van der Waals surface area (Å²) in [7, 11) is 1.57. The minimum atomic E-state index is -1.02. The number of carboxylic acid groups (broad SMARTS) is 1. The first-order valence-corrected chi connectivity index (χ1v) is 7.57. The van der Waals surface area contributed by atoms with Crippen molar-refractivity contribution < 1.29 is 19.4 Å². The molecule has 1 aliphatic rings. The molecule has 1 amide bonds. The van der Waals surface area contributed by atoms with Crippen LogP contribution in [0.1, 0.15) is 6.42 Å². The van der Waals surface area contributed by atoms with E-state index in [2.05, 4.69) is 10.2 Å². The minimum Gasteiger partial charge on any atom is -0.488 e. The standard InChI is InChI=1S/C15H21ClN2O4/c1-21-10-12(17-15(19)20)6-7-18-8-14(9-18)22-13-4-2-11(16)3-5-13/h2-5,12,14,17H,6-10H2,1H3,(H,19,20)/t12-/m0/s1. The summed E-state index contributed by atoms with van der Waals surface area (Å²) in [5.74, 6) is 0.818. The minimum absolute atomic E-state index is 0.175. The van der Waals surface area contributed by atoms with Gasteiger partial charge in [0.25, 0.3) is 0 Å². The van der Waals surface area contributed by atoms with Gasteiger partial charge in [0.05, 0.1) is 12.6 Å². The predicted molar refractivity (Wildman–Crippen MR) is 83.7 cm³/mol. The third-order valence-electron chi connectivity index (χ3n) is 3.53. The highest BCUT2D eigenvalue weighted by atomic mass is 35.5. The molecule has 1 aromatic rings.